The number of benzene rings is 2. The first kappa shape index (κ1) is 21.6. The molecule has 11 heteroatoms. The average molecular weight is 450 g/mol. The quantitative estimate of drug-likeness (QED) is 0.509. The van der Waals surface area contributed by atoms with E-state index in [2.05, 4.69) is 0 Å². The van der Waals surface area contributed by atoms with E-state index in [1.807, 2.05) is 4.90 Å². The largest absolute Gasteiger partial charge is 0.367 e. The zero-order valence-corrected chi connectivity index (χ0v) is 17.7. The van der Waals surface area contributed by atoms with Gasteiger partial charge in [0.15, 0.2) is 0 Å². The Bertz CT molecular complexity index is 1070. The Morgan fingerprint density at radius 1 is 1.10 bits per heavy atom. The molecule has 2 aromatic rings. The van der Waals surface area contributed by atoms with Gasteiger partial charge in [-0.3, -0.25) is 15.0 Å². The van der Waals surface area contributed by atoms with Crippen molar-refractivity contribution in [3.05, 3.63) is 70.0 Å². The second-order valence-electron chi connectivity index (χ2n) is 7.56. The molecule has 0 bridgehead atoms. The van der Waals surface area contributed by atoms with Crippen LogP contribution in [0, 0.1) is 15.9 Å². The summed E-state index contributed by atoms with van der Waals surface area (Å²) in [5.74, 6) is -0.338. The number of piperazine rings is 1. The predicted molar refractivity (Wildman–Crippen MR) is 112 cm³/mol. The third-order valence-corrected chi connectivity index (χ3v) is 8.03. The van der Waals surface area contributed by atoms with Crippen molar-refractivity contribution in [3.63, 3.8) is 0 Å². The van der Waals surface area contributed by atoms with E-state index in [4.69, 9.17) is 4.84 Å². The number of halogens is 1. The van der Waals surface area contributed by atoms with E-state index in [0.717, 1.165) is 0 Å². The second-order valence-corrected chi connectivity index (χ2v) is 9.71. The summed E-state index contributed by atoms with van der Waals surface area (Å²) in [5.41, 5.74) is 0.859. The van der Waals surface area contributed by atoms with Gasteiger partial charge in [-0.25, -0.2) is 12.8 Å². The Morgan fingerprint density at radius 3 is 2.48 bits per heavy atom. The predicted octanol–water partition coefficient (Wildman–Crippen LogP) is 2.17. The Labute approximate surface area is 179 Å². The number of hydrogen-bond acceptors (Lipinski definition) is 7. The van der Waals surface area contributed by atoms with E-state index in [1.165, 1.54) is 33.6 Å². The van der Waals surface area contributed by atoms with Crippen LogP contribution in [0.5, 0.6) is 0 Å². The van der Waals surface area contributed by atoms with Crippen molar-refractivity contribution < 1.29 is 22.6 Å². The molecular formula is C20H23FN4O5S. The molecule has 0 radical (unpaired) electrons. The molecule has 2 aromatic carbocycles. The molecule has 2 aliphatic heterocycles. The van der Waals surface area contributed by atoms with Crippen LogP contribution in [0.1, 0.15) is 11.6 Å². The van der Waals surface area contributed by atoms with E-state index in [1.54, 1.807) is 31.3 Å². The van der Waals surface area contributed by atoms with Crippen molar-refractivity contribution in [2.75, 3.05) is 44.7 Å². The molecule has 4 rings (SSSR count). The summed E-state index contributed by atoms with van der Waals surface area (Å²) in [7, 11) is -2.14. The van der Waals surface area contributed by atoms with Gasteiger partial charge in [0.2, 0.25) is 10.0 Å². The summed E-state index contributed by atoms with van der Waals surface area (Å²) in [5, 5.41) is 11.7. The topological polar surface area (TPSA) is 96.2 Å². The third-order valence-electron chi connectivity index (χ3n) is 5.78. The minimum atomic E-state index is -3.76. The highest BCUT2D eigenvalue weighted by atomic mass is 32.2. The standard InChI is InChI=1S/C20H23FN4O5S/c1-22-20(15-5-4-6-16(13-15)25(26)27)19(14-30-22)31(28,29)24-11-9-23(10-12-24)18-8-3-2-7-17(18)21/h2-8,13,19-20H,9-12,14H2,1H3/t19-,20+/m1/s1. The zero-order valence-electron chi connectivity index (χ0n) is 16.9. The summed E-state index contributed by atoms with van der Waals surface area (Å²) >= 11 is 0. The molecule has 9 nitrogen and oxygen atoms in total. The van der Waals surface area contributed by atoms with Crippen LogP contribution in [0.3, 0.4) is 0 Å². The average Bonchev–Trinajstić information content (AvgIpc) is 3.16. The van der Waals surface area contributed by atoms with Crippen molar-refractivity contribution >= 4 is 21.4 Å². The highest BCUT2D eigenvalue weighted by molar-refractivity contribution is 7.89. The summed E-state index contributed by atoms with van der Waals surface area (Å²) in [6, 6.07) is 11.7. The maximum absolute atomic E-state index is 14.1. The fourth-order valence-electron chi connectivity index (χ4n) is 4.18. The molecule has 0 amide bonds. The molecule has 0 spiro atoms. The van der Waals surface area contributed by atoms with Gasteiger partial charge in [0.25, 0.3) is 5.69 Å². The van der Waals surface area contributed by atoms with E-state index in [-0.39, 0.29) is 31.2 Å². The van der Waals surface area contributed by atoms with Crippen molar-refractivity contribution in [2.45, 2.75) is 11.3 Å². The number of sulfonamides is 1. The van der Waals surface area contributed by atoms with Gasteiger partial charge in [0.05, 0.1) is 23.3 Å². The Morgan fingerprint density at radius 2 is 1.81 bits per heavy atom. The molecule has 0 N–H and O–H groups in total. The van der Waals surface area contributed by atoms with Crippen LogP contribution in [0.15, 0.2) is 48.5 Å². The van der Waals surface area contributed by atoms with Crippen molar-refractivity contribution in [1.82, 2.24) is 9.37 Å². The smallest absolute Gasteiger partial charge is 0.269 e. The zero-order chi connectivity index (χ0) is 22.2. The van der Waals surface area contributed by atoms with E-state index in [0.29, 0.717) is 24.3 Å². The number of nitro benzene ring substituents is 1. The number of nitro groups is 1. The van der Waals surface area contributed by atoms with Crippen LogP contribution in [-0.2, 0) is 14.9 Å². The number of hydrogen-bond donors (Lipinski definition) is 0. The van der Waals surface area contributed by atoms with Gasteiger partial charge >= 0.3 is 0 Å². The maximum Gasteiger partial charge on any atom is 0.269 e. The first-order chi connectivity index (χ1) is 14.8. The van der Waals surface area contributed by atoms with Crippen LogP contribution >= 0.6 is 0 Å². The number of anilines is 1. The van der Waals surface area contributed by atoms with Gasteiger partial charge in [-0.1, -0.05) is 24.3 Å². The number of para-hydroxylation sites is 1. The van der Waals surface area contributed by atoms with Crippen molar-refractivity contribution in [1.29, 1.82) is 0 Å². The van der Waals surface area contributed by atoms with Gasteiger partial charge in [-0.2, -0.15) is 9.37 Å². The molecule has 2 saturated heterocycles. The first-order valence-corrected chi connectivity index (χ1v) is 11.4. The Hall–Kier alpha value is -2.60. The third kappa shape index (κ3) is 4.13. The highest BCUT2D eigenvalue weighted by Gasteiger charge is 2.46. The van der Waals surface area contributed by atoms with E-state index >= 15 is 0 Å². The maximum atomic E-state index is 14.1. The van der Waals surface area contributed by atoms with Gasteiger partial charge in [-0.05, 0) is 17.7 Å². The molecule has 31 heavy (non-hydrogen) atoms. The Kier molecular flexibility index (Phi) is 5.93. The summed E-state index contributed by atoms with van der Waals surface area (Å²) in [4.78, 5) is 18.0. The molecular weight excluding hydrogens is 427 g/mol. The number of nitrogens with zero attached hydrogens (tertiary/aromatic N) is 4. The van der Waals surface area contributed by atoms with Gasteiger partial charge in [0.1, 0.15) is 11.1 Å². The van der Waals surface area contributed by atoms with Crippen molar-refractivity contribution in [2.24, 2.45) is 0 Å². The molecule has 0 unspecified atom stereocenters. The number of rotatable bonds is 5. The lowest BCUT2D eigenvalue weighted by Crippen LogP contribution is -2.52. The molecule has 2 heterocycles. The van der Waals surface area contributed by atoms with Crippen LogP contribution in [0.25, 0.3) is 0 Å². The molecule has 2 fully saturated rings. The van der Waals surface area contributed by atoms with Gasteiger partial charge in [0, 0.05) is 45.4 Å². The summed E-state index contributed by atoms with van der Waals surface area (Å²) in [6.45, 7) is 1.13. The SMILES string of the molecule is CN1OC[C@@H](S(=O)(=O)N2CCN(c3ccccc3F)CC2)[C@@H]1c1cccc([N+](=O)[O-])c1. The normalized spacial score (nSPS) is 23.2. The number of hydroxylamine groups is 2. The monoisotopic (exact) mass is 450 g/mol. The first-order valence-electron chi connectivity index (χ1n) is 9.87. The van der Waals surface area contributed by atoms with Crippen molar-refractivity contribution in [3.8, 4) is 0 Å². The van der Waals surface area contributed by atoms with E-state index < -0.39 is 26.2 Å². The van der Waals surface area contributed by atoms with Crippen LogP contribution in [0.4, 0.5) is 15.8 Å². The highest BCUT2D eigenvalue weighted by Crippen LogP contribution is 2.36. The van der Waals surface area contributed by atoms with Gasteiger partial charge in [-0.15, -0.1) is 0 Å². The second kappa shape index (κ2) is 8.50. The minimum Gasteiger partial charge on any atom is -0.367 e. The lowest BCUT2D eigenvalue weighted by Gasteiger charge is -2.37. The fourth-order valence-corrected chi connectivity index (χ4v) is 6.12. The summed E-state index contributed by atoms with van der Waals surface area (Å²) in [6.07, 6.45) is 0. The van der Waals surface area contributed by atoms with Gasteiger partial charge < -0.3 is 4.90 Å². The van der Waals surface area contributed by atoms with Crippen LogP contribution < -0.4 is 4.90 Å². The number of non-ortho nitro benzene ring substituents is 1. The minimum absolute atomic E-state index is 0.0419. The van der Waals surface area contributed by atoms with Crippen LogP contribution in [0.2, 0.25) is 0 Å². The lowest BCUT2D eigenvalue weighted by atomic mass is 10.0. The summed E-state index contributed by atoms with van der Waals surface area (Å²) < 4.78 is 42.4. The Balaban J connectivity index is 1.53. The van der Waals surface area contributed by atoms with E-state index in [9.17, 15) is 22.9 Å². The molecule has 2 aliphatic rings. The molecule has 2 atom stereocenters. The molecule has 0 aliphatic carbocycles. The van der Waals surface area contributed by atoms with Crippen LogP contribution in [-0.4, -0.2) is 67.8 Å². The molecule has 0 saturated carbocycles. The lowest BCUT2D eigenvalue weighted by molar-refractivity contribution is -0.385. The molecule has 0 aromatic heterocycles. The molecule has 166 valence electrons. The fraction of sp³-hybridized carbons (Fsp3) is 0.400.